The highest BCUT2D eigenvalue weighted by Gasteiger charge is 2.81. The predicted molar refractivity (Wildman–Crippen MR) is 71.8 cm³/mol. The third-order valence-electron chi connectivity index (χ3n) is 3.30. The van der Waals surface area contributed by atoms with Crippen molar-refractivity contribution in [3.8, 4) is 0 Å². The molecule has 148 valence electrons. The van der Waals surface area contributed by atoms with Crippen LogP contribution < -0.4 is 5.32 Å². The summed E-state index contributed by atoms with van der Waals surface area (Å²) in [4.78, 5) is 11.1. The van der Waals surface area contributed by atoms with E-state index in [1.54, 1.807) is 0 Å². The molecule has 0 aliphatic rings. The lowest BCUT2D eigenvalue weighted by molar-refractivity contribution is -0.396. The molecule has 0 saturated carbocycles. The summed E-state index contributed by atoms with van der Waals surface area (Å²) in [6.45, 7) is 4.97. The second kappa shape index (κ2) is 8.31. The van der Waals surface area contributed by atoms with Gasteiger partial charge in [0.15, 0.2) is 0 Å². The first-order valence-corrected chi connectivity index (χ1v) is 7.22. The minimum Gasteiger partial charge on any atom is -0.352 e. The molecule has 0 bridgehead atoms. The number of unbranched alkanes of at least 4 members (excludes halogenated alkanes) is 3. The smallest absolute Gasteiger partial charge is 0.352 e. The van der Waals surface area contributed by atoms with E-state index in [2.05, 4.69) is 11.9 Å². The molecular weight excluding hydrogens is 369 g/mol. The van der Waals surface area contributed by atoms with Crippen LogP contribution in [0.2, 0.25) is 0 Å². The van der Waals surface area contributed by atoms with Gasteiger partial charge in [-0.3, -0.25) is 4.79 Å². The number of carbonyl (C=O) groups excluding carboxylic acids is 1. The maximum Gasteiger partial charge on any atom is 0.460 e. The van der Waals surface area contributed by atoms with E-state index in [0.29, 0.717) is 6.42 Å². The average Bonchev–Trinajstić information content (AvgIpc) is 2.44. The molecule has 0 heterocycles. The highest BCUT2D eigenvalue weighted by atomic mass is 19.4. The van der Waals surface area contributed by atoms with Crippen LogP contribution in [0.1, 0.15) is 39.0 Å². The van der Waals surface area contributed by atoms with Crippen LogP contribution in [0.5, 0.6) is 0 Å². The molecule has 1 N–H and O–H groups in total. The molecule has 1 amide bonds. The third-order valence-corrected chi connectivity index (χ3v) is 3.30. The Hall–Kier alpha value is -1.42. The van der Waals surface area contributed by atoms with Crippen LogP contribution in [0.25, 0.3) is 0 Å². The van der Waals surface area contributed by atoms with Gasteiger partial charge in [-0.2, -0.15) is 39.5 Å². The van der Waals surface area contributed by atoms with E-state index in [-0.39, 0.29) is 25.0 Å². The van der Waals surface area contributed by atoms with Gasteiger partial charge in [0.2, 0.25) is 5.91 Å². The topological polar surface area (TPSA) is 29.1 Å². The van der Waals surface area contributed by atoms with Crippen molar-refractivity contribution in [1.82, 2.24) is 5.32 Å². The van der Waals surface area contributed by atoms with Crippen LogP contribution in [-0.2, 0) is 4.79 Å². The Morgan fingerprint density at radius 1 is 0.840 bits per heavy atom. The number of rotatable bonds is 10. The lowest BCUT2D eigenvalue weighted by atomic mass is 9.98. The fraction of sp³-hybridized carbons (Fsp3) is 0.786. The summed E-state index contributed by atoms with van der Waals surface area (Å²) in [6.07, 6.45) is -8.91. The number of hydrogen-bond donors (Lipinski definition) is 1. The predicted octanol–water partition coefficient (Wildman–Crippen LogP) is 5.10. The molecule has 0 fully saturated rings. The van der Waals surface area contributed by atoms with Crippen LogP contribution in [0.15, 0.2) is 12.2 Å². The molecule has 2 nitrogen and oxygen atoms in total. The number of amides is 1. The summed E-state index contributed by atoms with van der Waals surface area (Å²) in [5.74, 6) is -19.3. The zero-order chi connectivity index (χ0) is 20.1. The van der Waals surface area contributed by atoms with Gasteiger partial charge in [-0.1, -0.05) is 19.4 Å². The highest BCUT2D eigenvalue weighted by Crippen LogP contribution is 2.54. The van der Waals surface area contributed by atoms with Gasteiger partial charge in [0, 0.05) is 18.5 Å². The largest absolute Gasteiger partial charge is 0.460 e. The Labute approximate surface area is 138 Å². The number of nitrogens with one attached hydrogen (secondary N) is 1. The second-order valence-corrected chi connectivity index (χ2v) is 5.55. The Morgan fingerprint density at radius 2 is 1.32 bits per heavy atom. The van der Waals surface area contributed by atoms with Crippen molar-refractivity contribution < 1.29 is 44.3 Å². The number of hydrogen-bond acceptors (Lipinski definition) is 1. The molecule has 0 aliphatic heterocycles. The summed E-state index contributed by atoms with van der Waals surface area (Å²) in [6, 6.07) is 0. The first kappa shape index (κ1) is 23.6. The van der Waals surface area contributed by atoms with Crippen molar-refractivity contribution in [1.29, 1.82) is 0 Å². The quantitative estimate of drug-likeness (QED) is 0.316. The van der Waals surface area contributed by atoms with Crippen molar-refractivity contribution in [2.45, 2.75) is 63.0 Å². The van der Waals surface area contributed by atoms with Crippen molar-refractivity contribution in [2.75, 3.05) is 6.54 Å². The summed E-state index contributed by atoms with van der Waals surface area (Å²) < 4.78 is 113. The Balaban J connectivity index is 4.41. The van der Waals surface area contributed by atoms with E-state index in [4.69, 9.17) is 0 Å². The molecule has 0 rings (SSSR count). The Morgan fingerprint density at radius 3 is 1.76 bits per heavy atom. The van der Waals surface area contributed by atoms with Gasteiger partial charge in [0.25, 0.3) is 0 Å². The molecule has 0 unspecified atom stereocenters. The summed E-state index contributed by atoms with van der Waals surface area (Å²) >= 11 is 0. The van der Waals surface area contributed by atoms with Gasteiger partial charge < -0.3 is 5.32 Å². The fourth-order valence-electron chi connectivity index (χ4n) is 1.74. The number of carbonyl (C=O) groups is 1. The van der Waals surface area contributed by atoms with Gasteiger partial charge in [0.1, 0.15) is 0 Å². The molecule has 0 atom stereocenters. The molecule has 0 aliphatic carbocycles. The van der Waals surface area contributed by atoms with Crippen molar-refractivity contribution in [3.63, 3.8) is 0 Å². The maximum atomic E-state index is 13.2. The minimum absolute atomic E-state index is 0.105. The number of halogens is 9. The molecular formula is C14H18F9NO. The maximum absolute atomic E-state index is 13.2. The van der Waals surface area contributed by atoms with Crippen molar-refractivity contribution in [2.24, 2.45) is 0 Å². The molecule has 0 saturated heterocycles. The van der Waals surface area contributed by atoms with Crippen LogP contribution in [0.3, 0.4) is 0 Å². The van der Waals surface area contributed by atoms with Gasteiger partial charge in [-0.25, -0.2) is 0 Å². The summed E-state index contributed by atoms with van der Waals surface area (Å²) in [7, 11) is 0. The van der Waals surface area contributed by atoms with Gasteiger partial charge in [0.05, 0.1) is 0 Å². The zero-order valence-corrected chi connectivity index (χ0v) is 13.3. The fourth-order valence-corrected chi connectivity index (χ4v) is 1.74. The van der Waals surface area contributed by atoms with E-state index in [1.807, 2.05) is 0 Å². The lowest BCUT2D eigenvalue weighted by Crippen LogP contribution is -2.60. The van der Waals surface area contributed by atoms with E-state index in [1.165, 1.54) is 6.92 Å². The molecule has 0 aromatic rings. The van der Waals surface area contributed by atoms with Crippen LogP contribution in [0, 0.1) is 0 Å². The number of alkyl halides is 9. The first-order chi connectivity index (χ1) is 11.1. The van der Waals surface area contributed by atoms with Gasteiger partial charge in [-0.05, 0) is 19.8 Å². The normalized spacial score (nSPS) is 13.7. The van der Waals surface area contributed by atoms with E-state index < -0.39 is 42.7 Å². The van der Waals surface area contributed by atoms with Crippen LogP contribution >= 0.6 is 0 Å². The molecule has 0 aromatic heterocycles. The van der Waals surface area contributed by atoms with E-state index in [9.17, 15) is 44.3 Å². The third kappa shape index (κ3) is 5.81. The molecule has 25 heavy (non-hydrogen) atoms. The Kier molecular flexibility index (Phi) is 7.83. The molecule has 0 spiro atoms. The second-order valence-electron chi connectivity index (χ2n) is 5.55. The summed E-state index contributed by atoms with van der Waals surface area (Å²) in [5, 5.41) is 2.42. The highest BCUT2D eigenvalue weighted by molar-refractivity contribution is 5.91. The van der Waals surface area contributed by atoms with Gasteiger partial charge >= 0.3 is 23.9 Å². The molecule has 0 radical (unpaired) electrons. The standard InChI is InChI=1S/C14H18F9NO/c1-9(2)10(25)24-8-6-4-3-5-7-11(15,16)12(17,18)13(19,20)14(21,22)23/h1,3-8H2,2H3,(H,24,25). The molecule has 0 aromatic carbocycles. The van der Waals surface area contributed by atoms with E-state index >= 15 is 0 Å². The zero-order valence-electron chi connectivity index (χ0n) is 13.3. The van der Waals surface area contributed by atoms with Crippen molar-refractivity contribution in [3.05, 3.63) is 12.2 Å². The van der Waals surface area contributed by atoms with Crippen LogP contribution in [-0.4, -0.2) is 36.4 Å². The van der Waals surface area contributed by atoms with Crippen molar-refractivity contribution >= 4 is 5.91 Å². The minimum atomic E-state index is -6.84. The molecule has 11 heteroatoms. The lowest BCUT2D eigenvalue weighted by Gasteiger charge is -2.33. The van der Waals surface area contributed by atoms with E-state index in [0.717, 1.165) is 0 Å². The SMILES string of the molecule is C=C(C)C(=O)NCCCCCCC(F)(F)C(F)(F)C(F)(F)C(F)(F)F. The van der Waals surface area contributed by atoms with Crippen LogP contribution in [0.4, 0.5) is 39.5 Å². The Bertz CT molecular complexity index is 471. The van der Waals surface area contributed by atoms with Gasteiger partial charge in [-0.15, -0.1) is 0 Å². The average molecular weight is 387 g/mol. The first-order valence-electron chi connectivity index (χ1n) is 7.22. The monoisotopic (exact) mass is 387 g/mol. The summed E-state index contributed by atoms with van der Waals surface area (Å²) in [5.41, 5.74) is 0.243.